The third-order valence-corrected chi connectivity index (χ3v) is 4.83. The summed E-state index contributed by atoms with van der Waals surface area (Å²) < 4.78 is 14.4. The minimum absolute atomic E-state index is 0.200. The molecule has 2 amide bonds. The topological polar surface area (TPSA) is 75.2 Å². The summed E-state index contributed by atoms with van der Waals surface area (Å²) in [5.74, 6) is -1.01. The van der Waals surface area contributed by atoms with Crippen LogP contribution in [0.5, 0.6) is 0 Å². The second kappa shape index (κ2) is 7.47. The van der Waals surface area contributed by atoms with Crippen LogP contribution in [0.4, 0.5) is 10.2 Å². The zero-order valence-corrected chi connectivity index (χ0v) is 16.1. The summed E-state index contributed by atoms with van der Waals surface area (Å²) in [7, 11) is 0. The van der Waals surface area contributed by atoms with E-state index in [-0.39, 0.29) is 18.1 Å². The normalized spacial score (nSPS) is 13.9. The molecular weight excluding hydrogens is 427 g/mol. The van der Waals surface area contributed by atoms with Gasteiger partial charge < -0.3 is 10.2 Å². The van der Waals surface area contributed by atoms with Crippen LogP contribution in [0, 0.1) is 5.82 Å². The van der Waals surface area contributed by atoms with Crippen molar-refractivity contribution in [1.82, 2.24) is 14.9 Å². The van der Waals surface area contributed by atoms with Crippen molar-refractivity contribution >= 4 is 33.6 Å². The number of carbonyl (C=O) groups is 2. The molecule has 28 heavy (non-hydrogen) atoms. The molecule has 0 radical (unpaired) electrons. The van der Waals surface area contributed by atoms with Crippen molar-refractivity contribution in [2.75, 3.05) is 5.32 Å². The highest BCUT2D eigenvalue weighted by atomic mass is 79.9. The summed E-state index contributed by atoms with van der Waals surface area (Å²) in [6, 6.07) is 13.3. The van der Waals surface area contributed by atoms with Crippen molar-refractivity contribution in [2.45, 2.75) is 12.6 Å². The zero-order chi connectivity index (χ0) is 19.7. The average molecular weight is 441 g/mol. The fourth-order valence-corrected chi connectivity index (χ4v) is 3.47. The van der Waals surface area contributed by atoms with Gasteiger partial charge in [-0.1, -0.05) is 24.3 Å². The van der Waals surface area contributed by atoms with Gasteiger partial charge >= 0.3 is 0 Å². The number of hydrogen-bond acceptors (Lipinski definition) is 4. The number of aromatic nitrogens is 2. The lowest BCUT2D eigenvalue weighted by molar-refractivity contribution is -0.120. The van der Waals surface area contributed by atoms with Crippen molar-refractivity contribution in [3.63, 3.8) is 0 Å². The first-order chi connectivity index (χ1) is 13.5. The summed E-state index contributed by atoms with van der Waals surface area (Å²) >= 11 is 3.26. The number of nitrogens with zero attached hydrogens (tertiary/aromatic N) is 3. The number of anilines is 1. The molecule has 0 spiro atoms. The molecule has 2 aromatic heterocycles. The third-order valence-electron chi connectivity index (χ3n) is 4.39. The van der Waals surface area contributed by atoms with Crippen LogP contribution in [-0.4, -0.2) is 26.7 Å². The number of benzene rings is 1. The van der Waals surface area contributed by atoms with Crippen LogP contribution >= 0.6 is 15.9 Å². The van der Waals surface area contributed by atoms with E-state index in [1.54, 1.807) is 42.6 Å². The van der Waals surface area contributed by atoms with Crippen molar-refractivity contribution in [3.05, 3.63) is 88.0 Å². The van der Waals surface area contributed by atoms with Crippen molar-refractivity contribution < 1.29 is 14.0 Å². The highest BCUT2D eigenvalue weighted by Gasteiger charge is 2.38. The molecule has 6 nitrogen and oxygen atoms in total. The minimum Gasteiger partial charge on any atom is -0.317 e. The van der Waals surface area contributed by atoms with Gasteiger partial charge in [-0.25, -0.2) is 14.4 Å². The number of amides is 2. The Morgan fingerprint density at radius 3 is 2.79 bits per heavy atom. The maximum Gasteiger partial charge on any atom is 0.274 e. The molecule has 0 fully saturated rings. The van der Waals surface area contributed by atoms with Gasteiger partial charge in [0.15, 0.2) is 0 Å². The molecule has 3 aromatic rings. The van der Waals surface area contributed by atoms with Gasteiger partial charge in [-0.15, -0.1) is 0 Å². The maximum absolute atomic E-state index is 13.9. The average Bonchev–Trinajstić information content (AvgIpc) is 2.99. The second-order valence-corrected chi connectivity index (χ2v) is 7.05. The van der Waals surface area contributed by atoms with Gasteiger partial charge in [0, 0.05) is 18.3 Å². The molecule has 4 rings (SSSR count). The van der Waals surface area contributed by atoms with Gasteiger partial charge in [-0.3, -0.25) is 9.59 Å². The van der Waals surface area contributed by atoms with E-state index in [9.17, 15) is 14.0 Å². The number of hydrogen-bond donors (Lipinski definition) is 1. The SMILES string of the molecule is O=C(Nc1ccccn1)C(c1cccc(F)c1)N1Cc2ccc(Br)nc2C1=O. The summed E-state index contributed by atoms with van der Waals surface area (Å²) in [5.41, 5.74) is 1.36. The van der Waals surface area contributed by atoms with E-state index in [1.165, 1.54) is 23.1 Å². The van der Waals surface area contributed by atoms with Crippen LogP contribution in [0.3, 0.4) is 0 Å². The van der Waals surface area contributed by atoms with Crippen molar-refractivity contribution in [1.29, 1.82) is 0 Å². The van der Waals surface area contributed by atoms with Crippen molar-refractivity contribution in [3.8, 4) is 0 Å². The molecule has 1 aliphatic heterocycles. The number of carbonyl (C=O) groups excluding carboxylic acids is 2. The predicted molar refractivity (Wildman–Crippen MR) is 104 cm³/mol. The summed E-state index contributed by atoms with van der Waals surface area (Å²) in [6.45, 7) is 0.200. The van der Waals surface area contributed by atoms with Crippen LogP contribution in [0.1, 0.15) is 27.7 Å². The van der Waals surface area contributed by atoms with E-state index in [0.717, 1.165) is 0 Å². The standard InChI is InChI=1S/C20H14BrFN4O2/c21-15-8-7-13-11-26(20(28)17(13)24-15)18(12-4-3-5-14(22)10-12)19(27)25-16-6-1-2-9-23-16/h1-10,18H,11H2,(H,23,25,27). The number of pyridine rings is 2. The highest BCUT2D eigenvalue weighted by molar-refractivity contribution is 9.10. The largest absolute Gasteiger partial charge is 0.317 e. The Bertz CT molecular complexity index is 1060. The summed E-state index contributed by atoms with van der Waals surface area (Å²) in [4.78, 5) is 35.7. The summed E-state index contributed by atoms with van der Waals surface area (Å²) in [5, 5.41) is 2.70. The Labute approximate surface area is 168 Å². The Morgan fingerprint density at radius 1 is 1.18 bits per heavy atom. The fraction of sp³-hybridized carbons (Fsp3) is 0.100. The number of fused-ring (bicyclic) bond motifs is 1. The lowest BCUT2D eigenvalue weighted by atomic mass is 10.0. The Kier molecular flexibility index (Phi) is 4.87. The molecule has 1 atom stereocenters. The van der Waals surface area contributed by atoms with Gasteiger partial charge in [0.05, 0.1) is 0 Å². The first-order valence-corrected chi connectivity index (χ1v) is 9.26. The second-order valence-electron chi connectivity index (χ2n) is 6.24. The van der Waals surface area contributed by atoms with E-state index >= 15 is 0 Å². The van der Waals surface area contributed by atoms with Gasteiger partial charge in [0.25, 0.3) is 11.8 Å². The van der Waals surface area contributed by atoms with Crippen LogP contribution < -0.4 is 5.32 Å². The van der Waals surface area contributed by atoms with Gasteiger partial charge in [-0.2, -0.15) is 0 Å². The van der Waals surface area contributed by atoms with Gasteiger partial charge in [0.1, 0.15) is 28.0 Å². The number of halogens is 2. The molecule has 1 aromatic carbocycles. The van der Waals surface area contributed by atoms with Crippen LogP contribution in [-0.2, 0) is 11.3 Å². The quantitative estimate of drug-likeness (QED) is 0.627. The molecule has 1 N–H and O–H groups in total. The van der Waals surface area contributed by atoms with E-state index in [2.05, 4.69) is 31.2 Å². The fourth-order valence-electron chi connectivity index (χ4n) is 3.16. The molecule has 1 unspecified atom stereocenters. The Balaban J connectivity index is 1.72. The lowest BCUT2D eigenvalue weighted by Gasteiger charge is -2.27. The molecule has 8 heteroatoms. The predicted octanol–water partition coefficient (Wildman–Crippen LogP) is 3.71. The minimum atomic E-state index is -1.03. The lowest BCUT2D eigenvalue weighted by Crippen LogP contribution is -2.37. The molecule has 0 saturated heterocycles. The number of rotatable bonds is 4. The maximum atomic E-state index is 13.9. The van der Waals surface area contributed by atoms with Crippen LogP contribution in [0.25, 0.3) is 0 Å². The number of nitrogens with one attached hydrogen (secondary N) is 1. The van der Waals surface area contributed by atoms with E-state index in [0.29, 0.717) is 21.5 Å². The molecule has 1 aliphatic rings. The summed E-state index contributed by atoms with van der Waals surface area (Å²) in [6.07, 6.45) is 1.55. The Hall–Kier alpha value is -3.13. The van der Waals surface area contributed by atoms with Gasteiger partial charge in [-0.05, 0) is 51.8 Å². The van der Waals surface area contributed by atoms with Gasteiger partial charge in [0.2, 0.25) is 0 Å². The molecule has 0 aliphatic carbocycles. The zero-order valence-electron chi connectivity index (χ0n) is 14.5. The smallest absolute Gasteiger partial charge is 0.274 e. The Morgan fingerprint density at radius 2 is 2.04 bits per heavy atom. The monoisotopic (exact) mass is 440 g/mol. The van der Waals surface area contributed by atoms with E-state index in [1.807, 2.05) is 0 Å². The molecule has 140 valence electrons. The highest BCUT2D eigenvalue weighted by Crippen LogP contribution is 2.32. The molecule has 0 bridgehead atoms. The molecular formula is C20H14BrFN4O2. The third kappa shape index (κ3) is 3.50. The first kappa shape index (κ1) is 18.2. The molecule has 0 saturated carbocycles. The first-order valence-electron chi connectivity index (χ1n) is 8.46. The van der Waals surface area contributed by atoms with Crippen LogP contribution in [0.15, 0.2) is 65.4 Å². The molecule has 3 heterocycles. The van der Waals surface area contributed by atoms with Crippen LogP contribution in [0.2, 0.25) is 0 Å². The van der Waals surface area contributed by atoms with Crippen molar-refractivity contribution in [2.24, 2.45) is 0 Å². The van der Waals surface area contributed by atoms with E-state index in [4.69, 9.17) is 0 Å². The van der Waals surface area contributed by atoms with E-state index < -0.39 is 17.8 Å².